The minimum absolute atomic E-state index is 0.115. The van der Waals surface area contributed by atoms with E-state index < -0.39 is 5.97 Å². The number of rotatable bonds is 5. The molecular weight excluding hydrogens is 289 g/mol. The van der Waals surface area contributed by atoms with Crippen LogP contribution in [0.15, 0.2) is 30.3 Å². The van der Waals surface area contributed by atoms with E-state index in [9.17, 15) is 9.18 Å². The highest BCUT2D eigenvalue weighted by Crippen LogP contribution is 2.27. The zero-order valence-corrected chi connectivity index (χ0v) is 12.5. The van der Waals surface area contributed by atoms with Gasteiger partial charge < -0.3 is 14.8 Å². The van der Waals surface area contributed by atoms with Crippen molar-refractivity contribution in [2.75, 3.05) is 19.5 Å². The molecule has 0 saturated heterocycles. The number of hydrogen-bond acceptors (Lipinski definition) is 6. The summed E-state index contributed by atoms with van der Waals surface area (Å²) < 4.78 is 23.2. The molecule has 6 nitrogen and oxygen atoms in total. The predicted octanol–water partition coefficient (Wildman–Crippen LogP) is 2.58. The maximum Gasteiger partial charge on any atom is 0.358 e. The fraction of sp³-hybridized carbons (Fsp3) is 0.267. The summed E-state index contributed by atoms with van der Waals surface area (Å²) >= 11 is 0. The summed E-state index contributed by atoms with van der Waals surface area (Å²) in [5.41, 5.74) is 0.769. The zero-order valence-electron chi connectivity index (χ0n) is 12.5. The van der Waals surface area contributed by atoms with Crippen LogP contribution in [0.25, 0.3) is 0 Å². The van der Waals surface area contributed by atoms with Gasteiger partial charge in [0.05, 0.1) is 20.3 Å². The highest BCUT2D eigenvalue weighted by atomic mass is 19.1. The lowest BCUT2D eigenvalue weighted by atomic mass is 10.1. The Morgan fingerprint density at radius 2 is 2.00 bits per heavy atom. The van der Waals surface area contributed by atoms with E-state index in [1.807, 2.05) is 6.92 Å². The molecular formula is C15H16FN3O3. The van der Waals surface area contributed by atoms with Gasteiger partial charge in [0.15, 0.2) is 5.69 Å². The standard InChI is InChI=1S/C15H16FN3O3/c1-9(11-8-10(16)4-6-13(11)21-2)17-14-7-5-12(18-19-14)15(20)22-3/h4-9H,1-3H3,(H,17,19)/t9-/m0/s1. The first kappa shape index (κ1) is 15.7. The lowest BCUT2D eigenvalue weighted by molar-refractivity contribution is 0.0593. The van der Waals surface area contributed by atoms with Crippen LogP contribution in [0.1, 0.15) is 29.0 Å². The summed E-state index contributed by atoms with van der Waals surface area (Å²) in [5, 5.41) is 10.7. The van der Waals surface area contributed by atoms with E-state index >= 15 is 0 Å². The number of halogens is 1. The number of carbonyl (C=O) groups excluding carboxylic acids is 1. The lowest BCUT2D eigenvalue weighted by Gasteiger charge is -2.17. The Hall–Kier alpha value is -2.70. The molecule has 2 rings (SSSR count). The molecule has 0 aliphatic carbocycles. The summed E-state index contributed by atoms with van der Waals surface area (Å²) in [4.78, 5) is 11.3. The Bertz CT molecular complexity index is 662. The van der Waals surface area contributed by atoms with Crippen molar-refractivity contribution in [1.82, 2.24) is 10.2 Å². The van der Waals surface area contributed by atoms with Crippen LogP contribution in [0, 0.1) is 5.82 Å². The molecule has 1 aromatic heterocycles. The van der Waals surface area contributed by atoms with Crippen molar-refractivity contribution in [1.29, 1.82) is 0 Å². The van der Waals surface area contributed by atoms with Gasteiger partial charge in [-0.2, -0.15) is 0 Å². The molecule has 0 aliphatic heterocycles. The fourth-order valence-electron chi connectivity index (χ4n) is 1.97. The van der Waals surface area contributed by atoms with Gasteiger partial charge in [0.25, 0.3) is 0 Å². The van der Waals surface area contributed by atoms with E-state index in [1.165, 1.54) is 32.4 Å². The second-order valence-electron chi connectivity index (χ2n) is 4.55. The van der Waals surface area contributed by atoms with Crippen LogP contribution in [-0.4, -0.2) is 30.4 Å². The number of aromatic nitrogens is 2. The molecule has 1 aromatic carbocycles. The third-order valence-corrected chi connectivity index (χ3v) is 3.08. The molecule has 116 valence electrons. The van der Waals surface area contributed by atoms with Gasteiger partial charge in [-0.1, -0.05) is 0 Å². The quantitative estimate of drug-likeness (QED) is 0.856. The largest absolute Gasteiger partial charge is 0.496 e. The van der Waals surface area contributed by atoms with Gasteiger partial charge in [0, 0.05) is 5.56 Å². The Morgan fingerprint density at radius 1 is 1.23 bits per heavy atom. The molecule has 0 fully saturated rings. The Morgan fingerprint density at radius 3 is 2.59 bits per heavy atom. The van der Waals surface area contributed by atoms with E-state index in [2.05, 4.69) is 20.3 Å². The minimum Gasteiger partial charge on any atom is -0.496 e. The van der Waals surface area contributed by atoms with Gasteiger partial charge in [0.1, 0.15) is 17.4 Å². The highest BCUT2D eigenvalue weighted by molar-refractivity contribution is 5.86. The number of methoxy groups -OCH3 is 2. The molecule has 22 heavy (non-hydrogen) atoms. The van der Waals surface area contributed by atoms with Crippen molar-refractivity contribution in [2.24, 2.45) is 0 Å². The van der Waals surface area contributed by atoms with Crippen molar-refractivity contribution in [3.63, 3.8) is 0 Å². The predicted molar refractivity (Wildman–Crippen MR) is 78.4 cm³/mol. The van der Waals surface area contributed by atoms with Crippen molar-refractivity contribution in [3.05, 3.63) is 47.4 Å². The second-order valence-corrected chi connectivity index (χ2v) is 4.55. The average molecular weight is 305 g/mol. The van der Waals surface area contributed by atoms with Crippen LogP contribution in [0.2, 0.25) is 0 Å². The van der Waals surface area contributed by atoms with Gasteiger partial charge in [-0.05, 0) is 37.3 Å². The fourth-order valence-corrected chi connectivity index (χ4v) is 1.97. The molecule has 0 spiro atoms. The van der Waals surface area contributed by atoms with Gasteiger partial charge in [0.2, 0.25) is 0 Å². The highest BCUT2D eigenvalue weighted by Gasteiger charge is 2.14. The topological polar surface area (TPSA) is 73.3 Å². The number of nitrogens with zero attached hydrogens (tertiary/aromatic N) is 2. The monoisotopic (exact) mass is 305 g/mol. The van der Waals surface area contributed by atoms with E-state index in [0.717, 1.165) is 0 Å². The smallest absolute Gasteiger partial charge is 0.358 e. The number of ether oxygens (including phenoxy) is 2. The first-order valence-corrected chi connectivity index (χ1v) is 6.57. The van der Waals surface area contributed by atoms with Gasteiger partial charge in [-0.3, -0.25) is 0 Å². The summed E-state index contributed by atoms with van der Waals surface area (Å²) in [6, 6.07) is 7.13. The molecule has 1 atom stereocenters. The van der Waals surface area contributed by atoms with Gasteiger partial charge in [-0.15, -0.1) is 10.2 Å². The number of hydrogen-bond donors (Lipinski definition) is 1. The third-order valence-electron chi connectivity index (χ3n) is 3.08. The van der Waals surface area contributed by atoms with Crippen molar-refractivity contribution in [3.8, 4) is 5.75 Å². The van der Waals surface area contributed by atoms with Crippen molar-refractivity contribution < 1.29 is 18.7 Å². The average Bonchev–Trinajstić information content (AvgIpc) is 2.54. The van der Waals surface area contributed by atoms with Crippen LogP contribution >= 0.6 is 0 Å². The molecule has 1 N–H and O–H groups in total. The van der Waals surface area contributed by atoms with Crippen LogP contribution in [0.3, 0.4) is 0 Å². The Kier molecular flexibility index (Phi) is 4.88. The Labute approximate surface area is 127 Å². The van der Waals surface area contributed by atoms with Crippen molar-refractivity contribution >= 4 is 11.8 Å². The van der Waals surface area contributed by atoms with E-state index in [-0.39, 0.29) is 17.6 Å². The maximum atomic E-state index is 13.4. The minimum atomic E-state index is -0.557. The number of benzene rings is 1. The molecule has 7 heteroatoms. The summed E-state index contributed by atoms with van der Waals surface area (Å²) in [5.74, 6) is 0.113. The van der Waals surface area contributed by atoms with E-state index in [0.29, 0.717) is 17.1 Å². The number of nitrogens with one attached hydrogen (secondary N) is 1. The Balaban J connectivity index is 2.16. The molecule has 1 heterocycles. The van der Waals surface area contributed by atoms with E-state index in [4.69, 9.17) is 4.74 Å². The third kappa shape index (κ3) is 3.49. The lowest BCUT2D eigenvalue weighted by Crippen LogP contribution is -2.12. The van der Waals surface area contributed by atoms with Crippen LogP contribution in [0.5, 0.6) is 5.75 Å². The zero-order chi connectivity index (χ0) is 16.1. The molecule has 0 saturated carbocycles. The SMILES string of the molecule is COC(=O)c1ccc(N[C@@H](C)c2cc(F)ccc2OC)nn1. The molecule has 0 unspecified atom stereocenters. The van der Waals surface area contributed by atoms with Crippen LogP contribution in [-0.2, 0) is 4.74 Å². The first-order valence-electron chi connectivity index (χ1n) is 6.57. The number of anilines is 1. The second kappa shape index (κ2) is 6.84. The van der Waals surface area contributed by atoms with Gasteiger partial charge in [-0.25, -0.2) is 9.18 Å². The molecule has 2 aromatic rings. The van der Waals surface area contributed by atoms with Gasteiger partial charge >= 0.3 is 5.97 Å². The normalized spacial score (nSPS) is 11.6. The number of esters is 1. The summed E-state index contributed by atoms with van der Waals surface area (Å²) in [6.07, 6.45) is 0. The summed E-state index contributed by atoms with van der Waals surface area (Å²) in [6.45, 7) is 1.84. The molecule has 0 radical (unpaired) electrons. The first-order chi connectivity index (χ1) is 10.5. The molecule has 0 bridgehead atoms. The maximum absolute atomic E-state index is 13.4. The molecule has 0 amide bonds. The molecule has 0 aliphatic rings. The number of carbonyl (C=O) groups is 1. The summed E-state index contributed by atoms with van der Waals surface area (Å²) in [7, 11) is 2.79. The van der Waals surface area contributed by atoms with Crippen molar-refractivity contribution in [2.45, 2.75) is 13.0 Å². The van der Waals surface area contributed by atoms with E-state index in [1.54, 1.807) is 12.1 Å². The van der Waals surface area contributed by atoms with Crippen LogP contribution in [0.4, 0.5) is 10.2 Å². The van der Waals surface area contributed by atoms with Crippen LogP contribution < -0.4 is 10.1 Å².